The van der Waals surface area contributed by atoms with Crippen LogP contribution in [0.3, 0.4) is 0 Å². The Morgan fingerprint density at radius 1 is 0.947 bits per heavy atom. The molecule has 0 amide bonds. The van der Waals surface area contributed by atoms with Gasteiger partial charge in [-0.2, -0.15) is 0 Å². The third kappa shape index (κ3) is 4.62. The number of ether oxygens (including phenoxy) is 2. The molecule has 5 aromatic rings. The normalized spacial score (nSPS) is 14.2. The predicted octanol–water partition coefficient (Wildman–Crippen LogP) is 5.46. The zero-order chi connectivity index (χ0) is 26.1. The first-order valence-corrected chi connectivity index (χ1v) is 12.7. The molecule has 1 aliphatic rings. The van der Waals surface area contributed by atoms with Crippen LogP contribution in [0.1, 0.15) is 21.7 Å². The van der Waals surface area contributed by atoms with Gasteiger partial charge in [0.1, 0.15) is 23.5 Å². The van der Waals surface area contributed by atoms with Crippen molar-refractivity contribution in [1.82, 2.24) is 4.90 Å². The lowest BCUT2D eigenvalue weighted by Gasteiger charge is -2.26. The average Bonchev–Trinajstić information content (AvgIpc) is 3.34. The zero-order valence-corrected chi connectivity index (χ0v) is 21.1. The summed E-state index contributed by atoms with van der Waals surface area (Å²) in [6.07, 6.45) is 0. The average molecular weight is 510 g/mol. The Morgan fingerprint density at radius 2 is 1.76 bits per heavy atom. The highest BCUT2D eigenvalue weighted by molar-refractivity contribution is 6.20. The number of benzene rings is 3. The van der Waals surface area contributed by atoms with Gasteiger partial charge in [0.25, 0.3) is 0 Å². The predicted molar refractivity (Wildman–Crippen MR) is 145 cm³/mol. The highest BCUT2D eigenvalue weighted by atomic mass is 16.5. The van der Waals surface area contributed by atoms with Crippen molar-refractivity contribution in [3.8, 4) is 16.9 Å². The maximum atomic E-state index is 13.9. The number of aryl methyl sites for hydroxylation is 1. The van der Waals surface area contributed by atoms with Gasteiger partial charge in [-0.1, -0.05) is 42.5 Å². The summed E-state index contributed by atoms with van der Waals surface area (Å²) >= 11 is 0. The van der Waals surface area contributed by atoms with Crippen LogP contribution in [0.4, 0.5) is 0 Å². The molecule has 2 aromatic heterocycles. The lowest BCUT2D eigenvalue weighted by Crippen LogP contribution is -2.38. The summed E-state index contributed by atoms with van der Waals surface area (Å²) in [4.78, 5) is 28.5. The van der Waals surface area contributed by atoms with Crippen molar-refractivity contribution in [2.45, 2.75) is 6.92 Å². The van der Waals surface area contributed by atoms with Gasteiger partial charge in [0.05, 0.1) is 18.6 Å². The second-order valence-corrected chi connectivity index (χ2v) is 9.40. The highest BCUT2D eigenvalue weighted by Gasteiger charge is 2.26. The minimum atomic E-state index is -0.447. The summed E-state index contributed by atoms with van der Waals surface area (Å²) in [6.45, 7) is 6.44. The Balaban J connectivity index is 1.40. The Hall–Kier alpha value is -4.20. The minimum absolute atomic E-state index is 0.188. The van der Waals surface area contributed by atoms with Crippen LogP contribution in [0.5, 0.6) is 5.75 Å². The van der Waals surface area contributed by atoms with Crippen LogP contribution in [-0.4, -0.2) is 50.1 Å². The first-order valence-electron chi connectivity index (χ1n) is 12.7. The molecule has 0 bridgehead atoms. The maximum absolute atomic E-state index is 13.9. The quantitative estimate of drug-likeness (QED) is 0.213. The van der Waals surface area contributed by atoms with Crippen molar-refractivity contribution in [3.63, 3.8) is 0 Å². The number of morpholine rings is 1. The summed E-state index contributed by atoms with van der Waals surface area (Å²) in [6, 6.07) is 21.8. The van der Waals surface area contributed by atoms with Crippen molar-refractivity contribution in [1.29, 1.82) is 0 Å². The van der Waals surface area contributed by atoms with E-state index in [1.54, 1.807) is 18.2 Å². The van der Waals surface area contributed by atoms with Crippen molar-refractivity contribution in [2.75, 3.05) is 39.5 Å². The molecular weight excluding hydrogens is 482 g/mol. The van der Waals surface area contributed by atoms with Gasteiger partial charge in [-0.25, -0.2) is 4.79 Å². The molecule has 3 heterocycles. The van der Waals surface area contributed by atoms with Gasteiger partial charge in [0, 0.05) is 42.2 Å². The number of carbonyl (C=O) groups is 1. The van der Waals surface area contributed by atoms with E-state index in [-0.39, 0.29) is 11.5 Å². The molecule has 6 rings (SSSR count). The molecule has 0 unspecified atom stereocenters. The molecule has 0 radical (unpaired) electrons. The van der Waals surface area contributed by atoms with Gasteiger partial charge >= 0.3 is 5.63 Å². The summed E-state index contributed by atoms with van der Waals surface area (Å²) in [5.74, 6) is 0.531. The fourth-order valence-electron chi connectivity index (χ4n) is 4.98. The Morgan fingerprint density at radius 3 is 2.58 bits per heavy atom. The standard InChI is InChI=1S/C31H27NO6/c1-20-18-26(33)38-30-24(20)10-11-25-28(30)27(21-6-3-2-4-7-21)31(37-25)29(34)22-8-5-9-23(19-22)36-17-14-32-12-15-35-16-13-32/h2-11,18-19H,12-17H2,1H3. The molecule has 38 heavy (non-hydrogen) atoms. The van der Waals surface area contributed by atoms with Crippen LogP contribution in [0.25, 0.3) is 33.1 Å². The number of hydrogen-bond acceptors (Lipinski definition) is 7. The molecule has 192 valence electrons. The van der Waals surface area contributed by atoms with Gasteiger partial charge in [-0.15, -0.1) is 0 Å². The van der Waals surface area contributed by atoms with Gasteiger partial charge in [0.15, 0.2) is 5.76 Å². The molecule has 0 spiro atoms. The number of ketones is 1. The van der Waals surface area contributed by atoms with E-state index in [4.69, 9.17) is 18.3 Å². The van der Waals surface area contributed by atoms with E-state index in [2.05, 4.69) is 4.90 Å². The molecule has 0 atom stereocenters. The number of fused-ring (bicyclic) bond motifs is 3. The van der Waals surface area contributed by atoms with E-state index in [1.807, 2.05) is 55.5 Å². The van der Waals surface area contributed by atoms with Gasteiger partial charge < -0.3 is 18.3 Å². The molecular formula is C31H27NO6. The molecule has 1 aliphatic heterocycles. The van der Waals surface area contributed by atoms with Crippen LogP contribution >= 0.6 is 0 Å². The summed E-state index contributed by atoms with van der Waals surface area (Å²) in [7, 11) is 0. The lowest BCUT2D eigenvalue weighted by atomic mass is 9.96. The molecule has 0 N–H and O–H groups in total. The summed E-state index contributed by atoms with van der Waals surface area (Å²) < 4.78 is 23.2. The number of rotatable bonds is 7. The lowest BCUT2D eigenvalue weighted by molar-refractivity contribution is 0.0322. The molecule has 0 aliphatic carbocycles. The maximum Gasteiger partial charge on any atom is 0.336 e. The fourth-order valence-corrected chi connectivity index (χ4v) is 4.98. The second kappa shape index (κ2) is 10.3. The smallest absolute Gasteiger partial charge is 0.336 e. The number of furan rings is 1. The van der Waals surface area contributed by atoms with Crippen molar-refractivity contribution in [3.05, 3.63) is 100 Å². The highest BCUT2D eigenvalue weighted by Crippen LogP contribution is 2.40. The van der Waals surface area contributed by atoms with Crippen LogP contribution in [0, 0.1) is 6.92 Å². The number of nitrogens with zero attached hydrogens (tertiary/aromatic N) is 1. The molecule has 3 aromatic carbocycles. The van der Waals surface area contributed by atoms with Gasteiger partial charge in [0.2, 0.25) is 5.78 Å². The van der Waals surface area contributed by atoms with Crippen LogP contribution in [0.2, 0.25) is 0 Å². The van der Waals surface area contributed by atoms with E-state index >= 15 is 0 Å². The zero-order valence-electron chi connectivity index (χ0n) is 21.1. The van der Waals surface area contributed by atoms with Gasteiger partial charge in [-0.3, -0.25) is 9.69 Å². The Bertz CT molecular complexity index is 1680. The fraction of sp³-hybridized carbons (Fsp3) is 0.226. The van der Waals surface area contributed by atoms with Crippen molar-refractivity contribution >= 4 is 27.7 Å². The first-order chi connectivity index (χ1) is 18.6. The number of carbonyl (C=O) groups excluding carboxylic acids is 1. The summed E-state index contributed by atoms with van der Waals surface area (Å²) in [5, 5.41) is 1.40. The number of hydrogen-bond donors (Lipinski definition) is 0. The van der Waals surface area contributed by atoms with Gasteiger partial charge in [-0.05, 0) is 42.3 Å². The van der Waals surface area contributed by atoms with Crippen molar-refractivity contribution < 1.29 is 23.1 Å². The second-order valence-electron chi connectivity index (χ2n) is 9.40. The Kier molecular flexibility index (Phi) is 6.54. The van der Waals surface area contributed by atoms with E-state index in [0.29, 0.717) is 40.0 Å². The first kappa shape index (κ1) is 24.2. The molecule has 0 saturated carbocycles. The minimum Gasteiger partial charge on any atom is -0.492 e. The third-order valence-corrected chi connectivity index (χ3v) is 6.92. The molecule has 1 saturated heterocycles. The van der Waals surface area contributed by atoms with E-state index in [1.165, 1.54) is 6.07 Å². The molecule has 7 nitrogen and oxygen atoms in total. The molecule has 7 heteroatoms. The largest absolute Gasteiger partial charge is 0.492 e. The summed E-state index contributed by atoms with van der Waals surface area (Å²) in [5.41, 5.74) is 3.09. The third-order valence-electron chi connectivity index (χ3n) is 6.92. The van der Waals surface area contributed by atoms with E-state index in [0.717, 1.165) is 49.4 Å². The van der Waals surface area contributed by atoms with Crippen LogP contribution in [0.15, 0.2) is 86.4 Å². The monoisotopic (exact) mass is 509 g/mol. The Labute approximate surface area is 219 Å². The molecule has 1 fully saturated rings. The van der Waals surface area contributed by atoms with Crippen LogP contribution in [-0.2, 0) is 4.74 Å². The van der Waals surface area contributed by atoms with Crippen molar-refractivity contribution in [2.24, 2.45) is 0 Å². The van der Waals surface area contributed by atoms with E-state index < -0.39 is 5.63 Å². The SMILES string of the molecule is Cc1cc(=O)oc2c1ccc1oc(C(=O)c3cccc(OCCN4CCOCC4)c3)c(-c3ccccc3)c12. The topological polar surface area (TPSA) is 82.1 Å². The van der Waals surface area contributed by atoms with E-state index in [9.17, 15) is 9.59 Å². The van der Waals surface area contributed by atoms with Crippen LogP contribution < -0.4 is 10.4 Å².